The van der Waals surface area contributed by atoms with E-state index in [4.69, 9.17) is 10.5 Å². The number of hydrogen-bond acceptors (Lipinski definition) is 6. The summed E-state index contributed by atoms with van der Waals surface area (Å²) in [7, 11) is 1.76. The molecule has 1 aliphatic heterocycles. The van der Waals surface area contributed by atoms with Crippen LogP contribution in [0.1, 0.15) is 12.8 Å². The van der Waals surface area contributed by atoms with E-state index >= 15 is 0 Å². The molecule has 2 aromatic rings. The van der Waals surface area contributed by atoms with Gasteiger partial charge in [0.05, 0.1) is 6.10 Å². The first-order valence-corrected chi connectivity index (χ1v) is 6.47. The van der Waals surface area contributed by atoms with Gasteiger partial charge in [0.25, 0.3) is 0 Å². The third kappa shape index (κ3) is 2.15. The third-order valence-corrected chi connectivity index (χ3v) is 3.74. The summed E-state index contributed by atoms with van der Waals surface area (Å²) in [6.45, 7) is 1.45. The second kappa shape index (κ2) is 5.10. The SMILES string of the molecule is COC1CCN(c2nccn3cnnc23)C(CN)C1. The molecule has 1 fully saturated rings. The van der Waals surface area contributed by atoms with Gasteiger partial charge in [-0.1, -0.05) is 0 Å². The summed E-state index contributed by atoms with van der Waals surface area (Å²) in [6.07, 6.45) is 7.47. The largest absolute Gasteiger partial charge is 0.381 e. The molecule has 0 bridgehead atoms. The van der Waals surface area contributed by atoms with E-state index in [0.29, 0.717) is 6.54 Å². The van der Waals surface area contributed by atoms with Gasteiger partial charge in [0.15, 0.2) is 5.82 Å². The molecule has 2 N–H and O–H groups in total. The van der Waals surface area contributed by atoms with Gasteiger partial charge in [-0.15, -0.1) is 10.2 Å². The van der Waals surface area contributed by atoms with Gasteiger partial charge in [-0.3, -0.25) is 4.40 Å². The molecule has 19 heavy (non-hydrogen) atoms. The first-order chi connectivity index (χ1) is 9.33. The first kappa shape index (κ1) is 12.3. The minimum atomic E-state index is 0.231. The van der Waals surface area contributed by atoms with Crippen LogP contribution in [0.4, 0.5) is 5.82 Å². The van der Waals surface area contributed by atoms with Crippen LogP contribution in [-0.2, 0) is 4.74 Å². The fraction of sp³-hybridized carbons (Fsp3) is 0.583. The van der Waals surface area contributed by atoms with Crippen molar-refractivity contribution in [3.05, 3.63) is 18.7 Å². The lowest BCUT2D eigenvalue weighted by molar-refractivity contribution is 0.0708. The normalized spacial score (nSPS) is 24.0. The fourth-order valence-corrected chi connectivity index (χ4v) is 2.68. The van der Waals surface area contributed by atoms with E-state index in [9.17, 15) is 0 Å². The fourth-order valence-electron chi connectivity index (χ4n) is 2.68. The zero-order valence-corrected chi connectivity index (χ0v) is 10.9. The maximum absolute atomic E-state index is 5.90. The molecule has 2 unspecified atom stereocenters. The van der Waals surface area contributed by atoms with Crippen molar-refractivity contribution in [1.82, 2.24) is 19.6 Å². The lowest BCUT2D eigenvalue weighted by Crippen LogP contribution is -2.49. The molecule has 3 heterocycles. The van der Waals surface area contributed by atoms with E-state index in [0.717, 1.165) is 30.9 Å². The zero-order chi connectivity index (χ0) is 13.2. The summed E-state index contributed by atoms with van der Waals surface area (Å²) in [6, 6.07) is 0.231. The van der Waals surface area contributed by atoms with Gasteiger partial charge < -0.3 is 15.4 Å². The Morgan fingerprint density at radius 3 is 3.21 bits per heavy atom. The molecule has 2 atom stereocenters. The molecule has 0 saturated carbocycles. The molecule has 7 nitrogen and oxygen atoms in total. The molecule has 7 heteroatoms. The highest BCUT2D eigenvalue weighted by Gasteiger charge is 2.29. The molecule has 102 valence electrons. The Hall–Kier alpha value is -1.73. The number of anilines is 1. The smallest absolute Gasteiger partial charge is 0.203 e. The van der Waals surface area contributed by atoms with Crippen molar-refractivity contribution in [3.8, 4) is 0 Å². The van der Waals surface area contributed by atoms with Crippen LogP contribution in [0.25, 0.3) is 5.65 Å². The van der Waals surface area contributed by atoms with E-state index in [1.807, 2.05) is 10.6 Å². The molecule has 1 saturated heterocycles. The summed E-state index contributed by atoms with van der Waals surface area (Å²) in [4.78, 5) is 6.68. The third-order valence-electron chi connectivity index (χ3n) is 3.74. The Kier molecular flexibility index (Phi) is 3.31. The van der Waals surface area contributed by atoms with Crippen LogP contribution in [0, 0.1) is 0 Å². The summed E-state index contributed by atoms with van der Waals surface area (Å²) >= 11 is 0. The van der Waals surface area contributed by atoms with Gasteiger partial charge >= 0.3 is 0 Å². The van der Waals surface area contributed by atoms with Crippen LogP contribution in [0.2, 0.25) is 0 Å². The van der Waals surface area contributed by atoms with E-state index in [-0.39, 0.29) is 12.1 Å². The minimum Gasteiger partial charge on any atom is -0.381 e. The minimum absolute atomic E-state index is 0.231. The first-order valence-electron chi connectivity index (χ1n) is 6.47. The van der Waals surface area contributed by atoms with Crippen molar-refractivity contribution in [2.45, 2.75) is 25.0 Å². The Morgan fingerprint density at radius 1 is 1.53 bits per heavy atom. The monoisotopic (exact) mass is 262 g/mol. The van der Waals surface area contributed by atoms with Gasteiger partial charge in [-0.2, -0.15) is 0 Å². The highest BCUT2D eigenvalue weighted by molar-refractivity contribution is 5.64. The second-order valence-corrected chi connectivity index (χ2v) is 4.78. The van der Waals surface area contributed by atoms with Gasteiger partial charge in [0.1, 0.15) is 6.33 Å². The average molecular weight is 262 g/mol. The number of methoxy groups -OCH3 is 1. The summed E-state index contributed by atoms with van der Waals surface area (Å²) in [5.74, 6) is 0.852. The van der Waals surface area contributed by atoms with Crippen molar-refractivity contribution in [2.24, 2.45) is 5.73 Å². The molecule has 0 radical (unpaired) electrons. The molecule has 0 amide bonds. The second-order valence-electron chi connectivity index (χ2n) is 4.78. The number of fused-ring (bicyclic) bond motifs is 1. The summed E-state index contributed by atoms with van der Waals surface area (Å²) in [5, 5.41) is 8.07. The van der Waals surface area contributed by atoms with Crippen molar-refractivity contribution in [2.75, 3.05) is 25.1 Å². The van der Waals surface area contributed by atoms with E-state index in [2.05, 4.69) is 20.1 Å². The Balaban J connectivity index is 1.94. The maximum atomic E-state index is 5.90. The number of nitrogens with zero attached hydrogens (tertiary/aromatic N) is 5. The lowest BCUT2D eigenvalue weighted by Gasteiger charge is -2.39. The van der Waals surface area contributed by atoms with Crippen LogP contribution in [-0.4, -0.2) is 51.9 Å². The Labute approximate surface area is 111 Å². The number of ether oxygens (including phenoxy) is 1. The lowest BCUT2D eigenvalue weighted by atomic mass is 9.99. The van der Waals surface area contributed by atoms with Crippen LogP contribution in [0.5, 0.6) is 0 Å². The maximum Gasteiger partial charge on any atom is 0.203 e. The number of nitrogens with two attached hydrogens (primary N) is 1. The molecular weight excluding hydrogens is 244 g/mol. The van der Waals surface area contributed by atoms with Gasteiger partial charge in [-0.05, 0) is 12.8 Å². The quantitative estimate of drug-likeness (QED) is 0.842. The molecule has 0 aromatic carbocycles. The van der Waals surface area contributed by atoms with Crippen molar-refractivity contribution in [3.63, 3.8) is 0 Å². The van der Waals surface area contributed by atoms with Crippen LogP contribution < -0.4 is 10.6 Å². The molecule has 0 aliphatic carbocycles. The highest BCUT2D eigenvalue weighted by Crippen LogP contribution is 2.26. The molecule has 2 aromatic heterocycles. The topological polar surface area (TPSA) is 81.6 Å². The van der Waals surface area contributed by atoms with Crippen molar-refractivity contribution in [1.29, 1.82) is 0 Å². The number of aromatic nitrogens is 4. The molecular formula is C12H18N6O. The van der Waals surface area contributed by atoms with Crippen LogP contribution in [0.15, 0.2) is 18.7 Å². The summed E-state index contributed by atoms with van der Waals surface area (Å²) in [5.41, 5.74) is 6.67. The Morgan fingerprint density at radius 2 is 2.42 bits per heavy atom. The van der Waals surface area contributed by atoms with Gasteiger partial charge in [0, 0.05) is 38.6 Å². The predicted molar refractivity (Wildman–Crippen MR) is 71.0 cm³/mol. The van der Waals surface area contributed by atoms with Gasteiger partial charge in [-0.25, -0.2) is 4.98 Å². The number of hydrogen-bond donors (Lipinski definition) is 1. The van der Waals surface area contributed by atoms with E-state index in [1.165, 1.54) is 0 Å². The number of piperidine rings is 1. The highest BCUT2D eigenvalue weighted by atomic mass is 16.5. The van der Waals surface area contributed by atoms with Crippen LogP contribution in [0.3, 0.4) is 0 Å². The standard InChI is InChI=1S/C12H18N6O/c1-19-10-2-4-18(9(6-10)7-13)11-12-16-15-8-17(12)5-3-14-11/h3,5,8-10H,2,4,6-7,13H2,1H3. The van der Waals surface area contributed by atoms with E-state index in [1.54, 1.807) is 19.6 Å². The molecule has 1 aliphatic rings. The average Bonchev–Trinajstić information content (AvgIpc) is 2.95. The Bertz CT molecular complexity index is 556. The molecule has 0 spiro atoms. The van der Waals surface area contributed by atoms with E-state index < -0.39 is 0 Å². The molecule has 3 rings (SSSR count). The zero-order valence-electron chi connectivity index (χ0n) is 10.9. The number of rotatable bonds is 3. The van der Waals surface area contributed by atoms with Gasteiger partial charge in [0.2, 0.25) is 5.65 Å². The van der Waals surface area contributed by atoms with Crippen molar-refractivity contribution >= 4 is 11.5 Å². The summed E-state index contributed by atoms with van der Waals surface area (Å²) < 4.78 is 7.32. The van der Waals surface area contributed by atoms with Crippen LogP contribution >= 0.6 is 0 Å². The van der Waals surface area contributed by atoms with Crippen molar-refractivity contribution < 1.29 is 4.74 Å². The predicted octanol–water partition coefficient (Wildman–Crippen LogP) is 0.0668.